The van der Waals surface area contributed by atoms with Gasteiger partial charge in [-0.05, 0) is 49.8 Å². The molecule has 3 unspecified atom stereocenters. The second-order valence-electron chi connectivity index (χ2n) is 6.05. The summed E-state index contributed by atoms with van der Waals surface area (Å²) in [5, 5.41) is 11.0. The van der Waals surface area contributed by atoms with Gasteiger partial charge in [-0.25, -0.2) is 0 Å². The van der Waals surface area contributed by atoms with Crippen LogP contribution in [-0.2, 0) is 4.79 Å². The molecular weight excluding hydrogens is 344 g/mol. The van der Waals surface area contributed by atoms with E-state index in [1.807, 2.05) is 0 Å². The third-order valence-corrected chi connectivity index (χ3v) is 5.38. The third-order valence-electron chi connectivity index (χ3n) is 4.42. The molecule has 1 aliphatic carbocycles. The minimum Gasteiger partial charge on any atom is -0.496 e. The van der Waals surface area contributed by atoms with Gasteiger partial charge >= 0.3 is 0 Å². The van der Waals surface area contributed by atoms with Crippen molar-refractivity contribution in [3.8, 4) is 17.6 Å². The average molecular weight is 367 g/mol. The molecule has 1 aliphatic rings. The predicted octanol–water partition coefficient (Wildman–Crippen LogP) is 3.90. The summed E-state index contributed by atoms with van der Waals surface area (Å²) < 4.78 is 5.44. The molecular formula is C19H23ClO3S. The van der Waals surface area contributed by atoms with E-state index >= 15 is 0 Å². The van der Waals surface area contributed by atoms with E-state index in [4.69, 9.17) is 16.3 Å². The van der Waals surface area contributed by atoms with Crippen LogP contribution < -0.4 is 4.74 Å². The molecule has 24 heavy (non-hydrogen) atoms. The van der Waals surface area contributed by atoms with Gasteiger partial charge in [0, 0.05) is 22.6 Å². The van der Waals surface area contributed by atoms with Crippen molar-refractivity contribution in [1.82, 2.24) is 0 Å². The molecule has 5 heteroatoms. The molecule has 2 rings (SSSR count). The molecule has 0 aromatic heterocycles. The van der Waals surface area contributed by atoms with E-state index in [0.717, 1.165) is 17.7 Å². The van der Waals surface area contributed by atoms with Crippen molar-refractivity contribution in [2.75, 3.05) is 19.1 Å². The Hall–Kier alpha value is -1.15. The lowest BCUT2D eigenvalue weighted by Crippen LogP contribution is -2.35. The fourth-order valence-electron chi connectivity index (χ4n) is 3.32. The zero-order valence-electron chi connectivity index (χ0n) is 14.3. The van der Waals surface area contributed by atoms with Gasteiger partial charge in [0.2, 0.25) is 0 Å². The van der Waals surface area contributed by atoms with Crippen molar-refractivity contribution in [2.24, 2.45) is 5.92 Å². The van der Waals surface area contributed by atoms with Crippen LogP contribution in [-0.4, -0.2) is 36.1 Å². The topological polar surface area (TPSA) is 46.5 Å². The van der Waals surface area contributed by atoms with Gasteiger partial charge in [0.25, 0.3) is 0 Å². The van der Waals surface area contributed by atoms with Gasteiger partial charge in [0.1, 0.15) is 11.5 Å². The van der Waals surface area contributed by atoms with Crippen molar-refractivity contribution < 1.29 is 14.6 Å². The summed E-state index contributed by atoms with van der Waals surface area (Å²) in [5.74, 6) is 6.94. The number of carbonyl (C=O) groups is 1. The molecule has 3 atom stereocenters. The first-order chi connectivity index (χ1) is 11.5. The van der Waals surface area contributed by atoms with Gasteiger partial charge in [-0.1, -0.05) is 17.5 Å². The van der Waals surface area contributed by atoms with Crippen molar-refractivity contribution in [2.45, 2.75) is 38.2 Å². The summed E-state index contributed by atoms with van der Waals surface area (Å²) in [7, 11) is 1.54. The first-order valence-corrected chi connectivity index (χ1v) is 9.78. The Morgan fingerprint density at radius 1 is 1.46 bits per heavy atom. The Bertz CT molecular complexity index is 663. The van der Waals surface area contributed by atoms with Crippen LogP contribution in [0.2, 0.25) is 5.02 Å². The smallest absolute Gasteiger partial charge is 0.143 e. The number of methoxy groups -OCH3 is 1. The van der Waals surface area contributed by atoms with E-state index in [9.17, 15) is 9.90 Å². The highest BCUT2D eigenvalue weighted by Crippen LogP contribution is 2.42. The van der Waals surface area contributed by atoms with E-state index in [1.54, 1.807) is 37.9 Å². The van der Waals surface area contributed by atoms with Crippen molar-refractivity contribution in [3.05, 3.63) is 28.3 Å². The van der Waals surface area contributed by atoms with Gasteiger partial charge in [-0.3, -0.25) is 4.79 Å². The number of hydrogen-bond donors (Lipinski definition) is 1. The Labute approximate surface area is 153 Å². The number of ether oxygens (including phenoxy) is 1. The van der Waals surface area contributed by atoms with Gasteiger partial charge in [0.15, 0.2) is 0 Å². The van der Waals surface area contributed by atoms with Crippen LogP contribution in [0, 0.1) is 17.8 Å². The maximum absolute atomic E-state index is 12.7. The quantitative estimate of drug-likeness (QED) is 0.803. The first-order valence-electron chi connectivity index (χ1n) is 8.01. The largest absolute Gasteiger partial charge is 0.496 e. The molecule has 1 fully saturated rings. The maximum atomic E-state index is 12.7. The van der Waals surface area contributed by atoms with E-state index in [-0.39, 0.29) is 11.7 Å². The minimum absolute atomic E-state index is 0.0365. The Morgan fingerprint density at radius 2 is 2.21 bits per heavy atom. The molecule has 0 spiro atoms. The number of hydrogen-bond acceptors (Lipinski definition) is 4. The van der Waals surface area contributed by atoms with E-state index < -0.39 is 12.0 Å². The van der Waals surface area contributed by atoms with Crippen molar-refractivity contribution >= 4 is 29.1 Å². The highest BCUT2D eigenvalue weighted by Gasteiger charge is 2.39. The highest BCUT2D eigenvalue weighted by molar-refractivity contribution is 7.98. The molecule has 1 saturated carbocycles. The average Bonchev–Trinajstić information content (AvgIpc) is 2.54. The minimum atomic E-state index is -0.729. The van der Waals surface area contributed by atoms with Crippen molar-refractivity contribution in [1.29, 1.82) is 0 Å². The standard InChI is InChI=1S/C19H23ClO3S/c1-4-5-12-8-14(20)18(17(11-12)23-2)19-15(21)9-13(6-7-24-3)10-16(19)22/h8,11,13,15,19,21H,6-7,9-10H2,1-3H3. The number of rotatable bonds is 5. The van der Waals surface area contributed by atoms with Gasteiger partial charge < -0.3 is 9.84 Å². The molecule has 1 aromatic carbocycles. The number of ketones is 1. The fraction of sp³-hybridized carbons (Fsp3) is 0.526. The molecule has 0 saturated heterocycles. The van der Waals surface area contributed by atoms with Gasteiger partial charge in [-0.15, -0.1) is 5.92 Å². The van der Waals surface area contributed by atoms with Gasteiger partial charge in [-0.2, -0.15) is 11.8 Å². The van der Waals surface area contributed by atoms with Crippen LogP contribution in [0.4, 0.5) is 0 Å². The number of benzene rings is 1. The lowest BCUT2D eigenvalue weighted by molar-refractivity contribution is -0.127. The monoisotopic (exact) mass is 366 g/mol. The summed E-state index contributed by atoms with van der Waals surface area (Å²) in [5.41, 5.74) is 1.32. The zero-order chi connectivity index (χ0) is 17.7. The van der Waals surface area contributed by atoms with E-state index in [2.05, 4.69) is 18.1 Å². The number of carbonyl (C=O) groups excluding carboxylic acids is 1. The van der Waals surface area contributed by atoms with Crippen molar-refractivity contribution in [3.63, 3.8) is 0 Å². The van der Waals surface area contributed by atoms with Crippen LogP contribution in [0.5, 0.6) is 5.75 Å². The molecule has 1 N–H and O–H groups in total. The molecule has 1 aromatic rings. The number of Topliss-reactive ketones (excluding diaryl/α,β-unsaturated/α-hetero) is 1. The maximum Gasteiger partial charge on any atom is 0.143 e. The highest BCUT2D eigenvalue weighted by atomic mass is 35.5. The molecule has 0 heterocycles. The second kappa shape index (κ2) is 8.80. The SMILES string of the molecule is CC#Cc1cc(Cl)c(C2C(=O)CC(CCSC)CC2O)c(OC)c1. The normalized spacial score (nSPS) is 23.5. The van der Waals surface area contributed by atoms with Crippen LogP contribution in [0.25, 0.3) is 0 Å². The van der Waals surface area contributed by atoms with Crippen LogP contribution in [0.3, 0.4) is 0 Å². The summed E-state index contributed by atoms with van der Waals surface area (Å²) >= 11 is 8.18. The molecule has 0 amide bonds. The number of aliphatic hydroxyl groups excluding tert-OH is 1. The van der Waals surface area contributed by atoms with E-state index in [0.29, 0.717) is 29.2 Å². The molecule has 130 valence electrons. The molecule has 0 radical (unpaired) electrons. The molecule has 0 bridgehead atoms. The van der Waals surface area contributed by atoms with Gasteiger partial charge in [0.05, 0.1) is 19.1 Å². The number of thioether (sulfide) groups is 1. The Kier molecular flexibility index (Phi) is 7.03. The lowest BCUT2D eigenvalue weighted by Gasteiger charge is -2.33. The lowest BCUT2D eigenvalue weighted by atomic mass is 9.74. The fourth-order valence-corrected chi connectivity index (χ4v) is 4.22. The van der Waals surface area contributed by atoms with Crippen LogP contribution >= 0.6 is 23.4 Å². The van der Waals surface area contributed by atoms with Crippen LogP contribution in [0.15, 0.2) is 12.1 Å². The zero-order valence-corrected chi connectivity index (χ0v) is 15.8. The van der Waals surface area contributed by atoms with Crippen LogP contribution in [0.1, 0.15) is 43.2 Å². The summed E-state index contributed by atoms with van der Waals surface area (Å²) in [6, 6.07) is 3.51. The summed E-state index contributed by atoms with van der Waals surface area (Å²) in [6.07, 6.45) is 3.38. The Morgan fingerprint density at radius 3 is 2.79 bits per heavy atom. The summed E-state index contributed by atoms with van der Waals surface area (Å²) in [6.45, 7) is 1.75. The third kappa shape index (κ3) is 4.27. The van der Waals surface area contributed by atoms with E-state index in [1.165, 1.54) is 0 Å². The summed E-state index contributed by atoms with van der Waals surface area (Å²) in [4.78, 5) is 12.7. The molecule has 3 nitrogen and oxygen atoms in total. The Balaban J connectivity index is 2.33. The second-order valence-corrected chi connectivity index (χ2v) is 7.44. The number of aliphatic hydroxyl groups is 1. The first kappa shape index (κ1) is 19.2. The molecule has 0 aliphatic heterocycles. The number of halogens is 1. The predicted molar refractivity (Wildman–Crippen MR) is 100 cm³/mol.